The molecule has 1 rings (SSSR count). The van der Waals surface area contributed by atoms with Crippen LogP contribution in [0, 0.1) is 6.92 Å². The van der Waals surface area contributed by atoms with E-state index in [9.17, 15) is 0 Å². The van der Waals surface area contributed by atoms with Crippen LogP contribution in [0.1, 0.15) is 12.5 Å². The molecule has 0 aliphatic rings. The molecule has 3 heteroatoms. The summed E-state index contributed by atoms with van der Waals surface area (Å²) < 4.78 is 0. The van der Waals surface area contributed by atoms with Gasteiger partial charge in [0.25, 0.3) is 0 Å². The lowest BCUT2D eigenvalue weighted by molar-refractivity contribution is 0.326. The summed E-state index contributed by atoms with van der Waals surface area (Å²) in [4.78, 5) is 2.18. The maximum Gasteiger partial charge on any atom is 0.0604 e. The van der Waals surface area contributed by atoms with E-state index >= 15 is 0 Å². The predicted molar refractivity (Wildman–Crippen MR) is 67.2 cm³/mol. The quantitative estimate of drug-likeness (QED) is 0.741. The molecule has 1 unspecified atom stereocenters. The molecule has 0 aromatic heterocycles. The van der Waals surface area contributed by atoms with Gasteiger partial charge in [-0.25, -0.2) is 0 Å². The van der Waals surface area contributed by atoms with E-state index in [4.69, 9.17) is 5.73 Å². The minimum absolute atomic E-state index is 0.490. The number of para-hydroxylation sites is 1. The first-order valence-electron chi connectivity index (χ1n) is 5.27. The highest BCUT2D eigenvalue weighted by Crippen LogP contribution is 2.22. The van der Waals surface area contributed by atoms with Gasteiger partial charge in [0, 0.05) is 12.6 Å². The molecule has 1 aromatic rings. The average Bonchev–Trinajstić information content (AvgIpc) is 2.16. The van der Waals surface area contributed by atoms with Crippen LogP contribution >= 0.6 is 0 Å². The Bertz CT molecular complexity index is 300. The molecular weight excluding hydrogens is 186 g/mol. The molecule has 1 atom stereocenters. The van der Waals surface area contributed by atoms with Crippen LogP contribution < -0.4 is 11.1 Å². The first kappa shape index (κ1) is 11.9. The predicted octanol–water partition coefficient (Wildman–Crippen LogP) is 1.94. The molecule has 3 N–H and O–H groups in total. The van der Waals surface area contributed by atoms with E-state index < -0.39 is 0 Å². The molecule has 0 aliphatic heterocycles. The van der Waals surface area contributed by atoms with Gasteiger partial charge in [-0.2, -0.15) is 0 Å². The summed E-state index contributed by atoms with van der Waals surface area (Å²) in [5.41, 5.74) is 8.98. The highest BCUT2D eigenvalue weighted by molar-refractivity contribution is 5.69. The minimum Gasteiger partial charge on any atom is -0.397 e. The average molecular weight is 207 g/mol. The number of likely N-dealkylation sites (N-methyl/N-ethyl adjacent to an activating group) is 1. The van der Waals surface area contributed by atoms with Gasteiger partial charge in [-0.15, -0.1) is 0 Å². The SMILES string of the molecule is Cc1cccc(N)c1NCC(C)N(C)C. The van der Waals surface area contributed by atoms with Crippen LogP contribution in [0.15, 0.2) is 18.2 Å². The van der Waals surface area contributed by atoms with Crippen molar-refractivity contribution >= 4 is 11.4 Å². The number of nitrogens with one attached hydrogen (secondary N) is 1. The molecular formula is C12H21N3. The summed E-state index contributed by atoms with van der Waals surface area (Å²) in [6, 6.07) is 6.46. The van der Waals surface area contributed by atoms with Crippen LogP contribution in [0.25, 0.3) is 0 Å². The number of anilines is 2. The molecule has 0 heterocycles. The largest absolute Gasteiger partial charge is 0.397 e. The van der Waals surface area contributed by atoms with Crippen molar-refractivity contribution in [2.75, 3.05) is 31.7 Å². The fourth-order valence-corrected chi connectivity index (χ4v) is 1.36. The summed E-state index contributed by atoms with van der Waals surface area (Å²) >= 11 is 0. The van der Waals surface area contributed by atoms with Gasteiger partial charge in [-0.3, -0.25) is 0 Å². The van der Waals surface area contributed by atoms with E-state index in [0.29, 0.717) is 6.04 Å². The van der Waals surface area contributed by atoms with Crippen LogP contribution in [-0.2, 0) is 0 Å². The summed E-state index contributed by atoms with van der Waals surface area (Å²) in [7, 11) is 4.15. The summed E-state index contributed by atoms with van der Waals surface area (Å²) in [5.74, 6) is 0. The molecule has 0 spiro atoms. The number of hydrogen-bond donors (Lipinski definition) is 2. The summed E-state index contributed by atoms with van der Waals surface area (Å²) in [6.45, 7) is 5.16. The summed E-state index contributed by atoms with van der Waals surface area (Å²) in [5, 5.41) is 3.40. The zero-order valence-electron chi connectivity index (χ0n) is 10.0. The molecule has 0 saturated heterocycles. The molecule has 1 aromatic carbocycles. The zero-order valence-corrected chi connectivity index (χ0v) is 10.0. The molecule has 0 amide bonds. The van der Waals surface area contributed by atoms with Crippen molar-refractivity contribution in [2.45, 2.75) is 19.9 Å². The Morgan fingerprint density at radius 3 is 2.60 bits per heavy atom. The van der Waals surface area contributed by atoms with E-state index in [-0.39, 0.29) is 0 Å². The third-order valence-corrected chi connectivity index (χ3v) is 2.76. The van der Waals surface area contributed by atoms with Crippen molar-refractivity contribution in [1.82, 2.24) is 4.90 Å². The number of nitrogen functional groups attached to an aromatic ring is 1. The molecule has 0 saturated carbocycles. The molecule has 0 fully saturated rings. The minimum atomic E-state index is 0.490. The van der Waals surface area contributed by atoms with Gasteiger partial charge in [-0.05, 0) is 39.6 Å². The van der Waals surface area contributed by atoms with Gasteiger partial charge >= 0.3 is 0 Å². The molecule has 0 bridgehead atoms. The fraction of sp³-hybridized carbons (Fsp3) is 0.500. The van der Waals surface area contributed by atoms with E-state index in [1.54, 1.807) is 0 Å². The third kappa shape index (κ3) is 3.13. The van der Waals surface area contributed by atoms with E-state index in [1.807, 2.05) is 12.1 Å². The Kier molecular flexibility index (Phi) is 3.97. The number of rotatable bonds is 4. The van der Waals surface area contributed by atoms with Gasteiger partial charge in [-0.1, -0.05) is 12.1 Å². The van der Waals surface area contributed by atoms with Crippen LogP contribution in [0.2, 0.25) is 0 Å². The maximum atomic E-state index is 5.91. The second kappa shape index (κ2) is 5.03. The maximum absolute atomic E-state index is 5.91. The lowest BCUT2D eigenvalue weighted by atomic mass is 10.1. The highest BCUT2D eigenvalue weighted by Gasteiger charge is 2.06. The fourth-order valence-electron chi connectivity index (χ4n) is 1.36. The van der Waals surface area contributed by atoms with E-state index in [1.165, 1.54) is 5.56 Å². The standard InChI is InChI=1S/C12H21N3/c1-9-6-5-7-11(13)12(9)14-8-10(2)15(3)4/h5-7,10,14H,8,13H2,1-4H3. The van der Waals surface area contributed by atoms with Gasteiger partial charge in [0.1, 0.15) is 0 Å². The Balaban J connectivity index is 2.65. The molecule has 3 nitrogen and oxygen atoms in total. The number of benzene rings is 1. The van der Waals surface area contributed by atoms with Crippen molar-refractivity contribution in [3.8, 4) is 0 Å². The molecule has 0 aliphatic carbocycles. The van der Waals surface area contributed by atoms with Crippen LogP contribution in [0.3, 0.4) is 0 Å². The highest BCUT2D eigenvalue weighted by atomic mass is 15.1. The van der Waals surface area contributed by atoms with Crippen molar-refractivity contribution in [3.63, 3.8) is 0 Å². The van der Waals surface area contributed by atoms with Crippen molar-refractivity contribution < 1.29 is 0 Å². The second-order valence-corrected chi connectivity index (χ2v) is 4.23. The number of aryl methyl sites for hydroxylation is 1. The third-order valence-electron chi connectivity index (χ3n) is 2.76. The monoisotopic (exact) mass is 207 g/mol. The Hall–Kier alpha value is -1.22. The smallest absolute Gasteiger partial charge is 0.0604 e. The lowest BCUT2D eigenvalue weighted by Crippen LogP contribution is -2.31. The first-order chi connectivity index (χ1) is 7.02. The molecule has 84 valence electrons. The zero-order chi connectivity index (χ0) is 11.4. The van der Waals surface area contributed by atoms with Crippen LogP contribution in [0.5, 0.6) is 0 Å². The molecule has 0 radical (unpaired) electrons. The van der Waals surface area contributed by atoms with Gasteiger partial charge in [0.15, 0.2) is 0 Å². The van der Waals surface area contributed by atoms with Crippen LogP contribution in [0.4, 0.5) is 11.4 Å². The van der Waals surface area contributed by atoms with Crippen LogP contribution in [-0.4, -0.2) is 31.6 Å². The Morgan fingerprint density at radius 1 is 1.40 bits per heavy atom. The van der Waals surface area contributed by atoms with Gasteiger partial charge in [0.2, 0.25) is 0 Å². The van der Waals surface area contributed by atoms with Crippen molar-refractivity contribution in [3.05, 3.63) is 23.8 Å². The van der Waals surface area contributed by atoms with Crippen molar-refractivity contribution in [1.29, 1.82) is 0 Å². The Labute approximate surface area is 92.3 Å². The normalized spacial score (nSPS) is 12.9. The number of nitrogens with zero attached hydrogens (tertiary/aromatic N) is 1. The topological polar surface area (TPSA) is 41.3 Å². The molecule has 15 heavy (non-hydrogen) atoms. The number of hydrogen-bond acceptors (Lipinski definition) is 3. The summed E-state index contributed by atoms with van der Waals surface area (Å²) in [6.07, 6.45) is 0. The first-order valence-corrected chi connectivity index (χ1v) is 5.27. The lowest BCUT2D eigenvalue weighted by Gasteiger charge is -2.22. The van der Waals surface area contributed by atoms with Gasteiger partial charge < -0.3 is 16.0 Å². The van der Waals surface area contributed by atoms with E-state index in [0.717, 1.165) is 17.9 Å². The van der Waals surface area contributed by atoms with Gasteiger partial charge in [0.05, 0.1) is 11.4 Å². The second-order valence-electron chi connectivity index (χ2n) is 4.23. The number of nitrogens with two attached hydrogens (primary N) is 1. The van der Waals surface area contributed by atoms with E-state index in [2.05, 4.69) is 44.2 Å². The Morgan fingerprint density at radius 2 is 2.07 bits per heavy atom. The van der Waals surface area contributed by atoms with Crippen molar-refractivity contribution in [2.24, 2.45) is 0 Å².